The minimum atomic E-state index is -0.0559. The Labute approximate surface area is 172 Å². The van der Waals surface area contributed by atoms with E-state index in [1.165, 1.54) is 34.2 Å². The molecule has 0 unspecified atom stereocenters. The second kappa shape index (κ2) is 9.07. The summed E-state index contributed by atoms with van der Waals surface area (Å²) in [6.07, 6.45) is 0. The number of benzene rings is 2. The van der Waals surface area contributed by atoms with Gasteiger partial charge < -0.3 is 14.8 Å². The first kappa shape index (κ1) is 20.2. The van der Waals surface area contributed by atoms with Crippen molar-refractivity contribution in [3.8, 4) is 11.5 Å². The van der Waals surface area contributed by atoms with E-state index in [0.717, 1.165) is 10.0 Å². The molecule has 0 atom stereocenters. The summed E-state index contributed by atoms with van der Waals surface area (Å²) >= 11 is 2.77. The van der Waals surface area contributed by atoms with E-state index in [4.69, 9.17) is 9.47 Å². The number of carbonyl (C=O) groups excluding carboxylic acids is 1. The minimum absolute atomic E-state index is 0.0559. The van der Waals surface area contributed by atoms with Gasteiger partial charge in [-0.15, -0.1) is 10.2 Å². The maximum atomic E-state index is 12.6. The summed E-state index contributed by atoms with van der Waals surface area (Å²) in [5, 5.41) is 12.3. The van der Waals surface area contributed by atoms with Crippen LogP contribution < -0.4 is 14.8 Å². The number of hydrogen-bond donors (Lipinski definition) is 1. The molecule has 28 heavy (non-hydrogen) atoms. The molecule has 0 bridgehead atoms. The van der Waals surface area contributed by atoms with E-state index < -0.39 is 0 Å². The van der Waals surface area contributed by atoms with E-state index in [1.807, 2.05) is 6.07 Å². The molecule has 0 saturated carbocycles. The molecule has 0 fully saturated rings. The lowest BCUT2D eigenvalue weighted by Gasteiger charge is -2.09. The fourth-order valence-corrected chi connectivity index (χ4v) is 4.15. The SMILES string of the molecule is COc1ccc(OC)c(C(=O)CSc2nnc(Nc3ccc(C)c(C)c3)s2)c1. The second-order valence-electron chi connectivity index (χ2n) is 6.08. The van der Waals surface area contributed by atoms with E-state index >= 15 is 0 Å². The zero-order valence-corrected chi connectivity index (χ0v) is 17.7. The van der Waals surface area contributed by atoms with Crippen LogP contribution >= 0.6 is 23.1 Å². The average Bonchev–Trinajstić information content (AvgIpc) is 3.15. The van der Waals surface area contributed by atoms with Crippen LogP contribution in [0.25, 0.3) is 0 Å². The van der Waals surface area contributed by atoms with E-state index in [0.29, 0.717) is 22.2 Å². The smallest absolute Gasteiger partial charge is 0.210 e. The van der Waals surface area contributed by atoms with Crippen molar-refractivity contribution in [3.63, 3.8) is 0 Å². The van der Waals surface area contributed by atoms with Crippen LogP contribution in [0.3, 0.4) is 0 Å². The third kappa shape index (κ3) is 4.82. The predicted octanol–water partition coefficient (Wildman–Crippen LogP) is 4.89. The number of carbonyl (C=O) groups is 1. The number of nitrogens with zero attached hydrogens (tertiary/aromatic N) is 2. The van der Waals surface area contributed by atoms with Gasteiger partial charge in [0.25, 0.3) is 0 Å². The third-order valence-electron chi connectivity index (χ3n) is 4.20. The Morgan fingerprint density at radius 2 is 1.89 bits per heavy atom. The number of nitrogens with one attached hydrogen (secondary N) is 1. The van der Waals surface area contributed by atoms with Gasteiger partial charge in [-0.05, 0) is 55.3 Å². The van der Waals surface area contributed by atoms with Gasteiger partial charge >= 0.3 is 0 Å². The van der Waals surface area contributed by atoms with Crippen LogP contribution in [0.15, 0.2) is 40.7 Å². The molecule has 2 aromatic carbocycles. The number of ether oxygens (including phenoxy) is 2. The van der Waals surface area contributed by atoms with Gasteiger partial charge in [-0.3, -0.25) is 4.79 Å². The molecule has 146 valence electrons. The summed E-state index contributed by atoms with van der Waals surface area (Å²) in [4.78, 5) is 12.6. The molecule has 0 spiro atoms. The third-order valence-corrected chi connectivity index (χ3v) is 6.17. The molecule has 1 heterocycles. The Balaban J connectivity index is 1.64. The van der Waals surface area contributed by atoms with Gasteiger partial charge in [-0.25, -0.2) is 0 Å². The molecule has 0 saturated heterocycles. The highest BCUT2D eigenvalue weighted by Gasteiger charge is 2.15. The number of hydrogen-bond acceptors (Lipinski definition) is 8. The van der Waals surface area contributed by atoms with Crippen LogP contribution in [-0.4, -0.2) is 36.0 Å². The number of aromatic nitrogens is 2. The van der Waals surface area contributed by atoms with E-state index in [-0.39, 0.29) is 11.5 Å². The van der Waals surface area contributed by atoms with Crippen molar-refractivity contribution in [2.24, 2.45) is 0 Å². The van der Waals surface area contributed by atoms with Crippen molar-refractivity contribution < 1.29 is 14.3 Å². The van der Waals surface area contributed by atoms with Crippen molar-refractivity contribution in [3.05, 3.63) is 53.1 Å². The molecular formula is C20H21N3O3S2. The summed E-state index contributed by atoms with van der Waals surface area (Å²) in [6, 6.07) is 11.3. The molecular weight excluding hydrogens is 394 g/mol. The monoisotopic (exact) mass is 415 g/mol. The lowest BCUT2D eigenvalue weighted by molar-refractivity contribution is 0.101. The Kier molecular flexibility index (Phi) is 6.53. The van der Waals surface area contributed by atoms with E-state index in [1.54, 1.807) is 32.4 Å². The van der Waals surface area contributed by atoms with Crippen LogP contribution in [-0.2, 0) is 0 Å². The summed E-state index contributed by atoms with van der Waals surface area (Å²) in [7, 11) is 3.11. The molecule has 3 aromatic rings. The topological polar surface area (TPSA) is 73.3 Å². The van der Waals surface area contributed by atoms with E-state index in [9.17, 15) is 4.79 Å². The van der Waals surface area contributed by atoms with Gasteiger partial charge in [-0.1, -0.05) is 29.2 Å². The molecule has 3 rings (SSSR count). The number of ketones is 1. The Hall–Kier alpha value is -2.58. The highest BCUT2D eigenvalue weighted by atomic mass is 32.2. The van der Waals surface area contributed by atoms with Crippen LogP contribution in [0.4, 0.5) is 10.8 Å². The molecule has 8 heteroatoms. The van der Waals surface area contributed by atoms with Crippen LogP contribution in [0.2, 0.25) is 0 Å². The van der Waals surface area contributed by atoms with Crippen LogP contribution in [0.5, 0.6) is 11.5 Å². The van der Waals surface area contributed by atoms with E-state index in [2.05, 4.69) is 41.5 Å². The molecule has 0 amide bonds. The zero-order chi connectivity index (χ0) is 20.1. The highest BCUT2D eigenvalue weighted by molar-refractivity contribution is 8.01. The Morgan fingerprint density at radius 3 is 2.61 bits per heavy atom. The minimum Gasteiger partial charge on any atom is -0.497 e. The first-order valence-corrected chi connectivity index (χ1v) is 10.4. The van der Waals surface area contributed by atoms with Gasteiger partial charge in [0.15, 0.2) is 10.1 Å². The predicted molar refractivity (Wildman–Crippen MR) is 114 cm³/mol. The van der Waals surface area contributed by atoms with Gasteiger partial charge in [0, 0.05) is 5.69 Å². The van der Waals surface area contributed by atoms with Crippen LogP contribution in [0.1, 0.15) is 21.5 Å². The zero-order valence-electron chi connectivity index (χ0n) is 16.1. The van der Waals surface area contributed by atoms with Gasteiger partial charge in [-0.2, -0.15) is 0 Å². The van der Waals surface area contributed by atoms with Crippen molar-refractivity contribution in [2.75, 3.05) is 25.3 Å². The number of anilines is 2. The van der Waals surface area contributed by atoms with Gasteiger partial charge in [0.2, 0.25) is 5.13 Å². The van der Waals surface area contributed by atoms with Crippen molar-refractivity contribution in [1.29, 1.82) is 0 Å². The normalized spacial score (nSPS) is 10.6. The highest BCUT2D eigenvalue weighted by Crippen LogP contribution is 2.30. The average molecular weight is 416 g/mol. The van der Waals surface area contributed by atoms with Crippen molar-refractivity contribution >= 4 is 39.7 Å². The maximum absolute atomic E-state index is 12.6. The quantitative estimate of drug-likeness (QED) is 0.415. The fraction of sp³-hybridized carbons (Fsp3) is 0.250. The first-order chi connectivity index (χ1) is 13.5. The number of thioether (sulfide) groups is 1. The summed E-state index contributed by atoms with van der Waals surface area (Å²) in [6.45, 7) is 4.15. The summed E-state index contributed by atoms with van der Waals surface area (Å²) in [5.74, 6) is 1.33. The van der Waals surface area contributed by atoms with Crippen molar-refractivity contribution in [2.45, 2.75) is 18.2 Å². The largest absolute Gasteiger partial charge is 0.497 e. The second-order valence-corrected chi connectivity index (χ2v) is 8.28. The lowest BCUT2D eigenvalue weighted by atomic mass is 10.1. The molecule has 0 aliphatic carbocycles. The number of Topliss-reactive ketones (excluding diaryl/α,β-unsaturated/α-hetero) is 1. The number of aryl methyl sites for hydroxylation is 2. The number of methoxy groups -OCH3 is 2. The first-order valence-electron chi connectivity index (χ1n) is 8.56. The van der Waals surface area contributed by atoms with Gasteiger partial charge in [0.05, 0.1) is 25.5 Å². The molecule has 6 nitrogen and oxygen atoms in total. The van der Waals surface area contributed by atoms with Gasteiger partial charge in [0.1, 0.15) is 11.5 Å². The maximum Gasteiger partial charge on any atom is 0.210 e. The molecule has 0 aliphatic rings. The van der Waals surface area contributed by atoms with Crippen molar-refractivity contribution in [1.82, 2.24) is 10.2 Å². The number of rotatable bonds is 8. The standard InChI is InChI=1S/C20H21N3O3S2/c1-12-5-6-14(9-13(12)2)21-19-22-23-20(28-19)27-11-17(24)16-10-15(25-3)7-8-18(16)26-4/h5-10H,11H2,1-4H3,(H,21,22). The molecule has 0 aliphatic heterocycles. The summed E-state index contributed by atoms with van der Waals surface area (Å²) < 4.78 is 11.2. The Morgan fingerprint density at radius 1 is 1.07 bits per heavy atom. The lowest BCUT2D eigenvalue weighted by Crippen LogP contribution is -2.05. The molecule has 1 N–H and O–H groups in total. The van der Waals surface area contributed by atoms with Crippen LogP contribution in [0, 0.1) is 13.8 Å². The summed E-state index contributed by atoms with van der Waals surface area (Å²) in [5.41, 5.74) is 3.91. The molecule has 1 aromatic heterocycles. The molecule has 0 radical (unpaired) electrons. The fourth-order valence-electron chi connectivity index (χ4n) is 2.50. The Bertz CT molecular complexity index is 989.